The summed E-state index contributed by atoms with van der Waals surface area (Å²) in [5.41, 5.74) is 5.07. The number of hydrogen-bond donors (Lipinski definition) is 11. The summed E-state index contributed by atoms with van der Waals surface area (Å²) in [4.78, 5) is 81.5. The molecule has 0 saturated carbocycles. The number of ether oxygens (including phenoxy) is 2. The van der Waals surface area contributed by atoms with E-state index in [1.807, 2.05) is 0 Å². The van der Waals surface area contributed by atoms with Crippen LogP contribution in [-0.2, 0) is 33.5 Å². The monoisotopic (exact) mass is 676 g/mol. The molecule has 20 nitrogen and oxygen atoms in total. The van der Waals surface area contributed by atoms with Crippen LogP contribution in [-0.4, -0.2) is 139 Å². The van der Waals surface area contributed by atoms with Crippen molar-refractivity contribution in [3.63, 3.8) is 0 Å². The number of carbonyl (C=O) groups excluding carboxylic acids is 4. The number of phenolic OH excluding ortho intramolecular Hbond substituents is 1. The van der Waals surface area contributed by atoms with Crippen LogP contribution in [0.3, 0.4) is 0 Å². The van der Waals surface area contributed by atoms with E-state index in [2.05, 4.69) is 16.0 Å². The molecule has 4 unspecified atom stereocenters. The molecule has 1 aromatic carbocycles. The van der Waals surface area contributed by atoms with E-state index in [9.17, 15) is 59.1 Å². The van der Waals surface area contributed by atoms with Gasteiger partial charge in [-0.1, -0.05) is 0 Å². The Morgan fingerprint density at radius 1 is 1.02 bits per heavy atom. The molecule has 1 aliphatic rings. The number of aldehydes is 1. The number of aliphatic hydroxyl groups excluding tert-OH is 3. The molecule has 2 rings (SSSR count). The van der Waals surface area contributed by atoms with Crippen molar-refractivity contribution in [2.45, 2.75) is 60.5 Å². The number of aliphatic hydroxyl groups is 3. The van der Waals surface area contributed by atoms with Gasteiger partial charge in [0.05, 0.1) is 11.4 Å². The maximum Gasteiger partial charge on any atom is 0.335 e. The Balaban J connectivity index is 2.43. The quantitative estimate of drug-likeness (QED) is 0.0547. The predicted molar refractivity (Wildman–Crippen MR) is 150 cm³/mol. The summed E-state index contributed by atoms with van der Waals surface area (Å²) in [7, 11) is 0. The van der Waals surface area contributed by atoms with Gasteiger partial charge in [-0.15, -0.1) is 11.8 Å². The lowest BCUT2D eigenvalue weighted by Gasteiger charge is -2.38. The number of hydrogen-bond acceptors (Lipinski definition) is 15. The molecule has 1 saturated heterocycles. The summed E-state index contributed by atoms with van der Waals surface area (Å²) in [6.45, 7) is -1.27. The number of amides is 3. The third kappa shape index (κ3) is 10.5. The van der Waals surface area contributed by atoms with Crippen molar-refractivity contribution in [3.05, 3.63) is 17.7 Å². The Hall–Kier alpha value is -4.54. The maximum atomic E-state index is 12.7. The van der Waals surface area contributed by atoms with Crippen molar-refractivity contribution in [2.75, 3.05) is 18.8 Å². The van der Waals surface area contributed by atoms with Gasteiger partial charge in [0, 0.05) is 17.7 Å². The van der Waals surface area contributed by atoms with Gasteiger partial charge in [0.1, 0.15) is 54.7 Å². The number of carboxylic acid groups (broad SMARTS) is 3. The second-order valence-corrected chi connectivity index (χ2v) is 10.6. The number of thioether (sulfide) groups is 1. The number of aliphatic carboxylic acids is 3. The molecule has 0 spiro atoms. The molecule has 1 aromatic rings. The zero-order chi connectivity index (χ0) is 34.7. The van der Waals surface area contributed by atoms with E-state index >= 15 is 0 Å². The maximum absolute atomic E-state index is 12.7. The molecule has 1 fully saturated rings. The highest BCUT2D eigenvalue weighted by Gasteiger charge is 2.48. The average Bonchev–Trinajstić information content (AvgIpc) is 2.99. The molecular weight excluding hydrogens is 644 g/mol. The minimum atomic E-state index is -2.09. The number of nitrogens with two attached hydrogens (primary N) is 1. The highest BCUT2D eigenvalue weighted by Crippen LogP contribution is 2.40. The van der Waals surface area contributed by atoms with Crippen LogP contribution < -0.4 is 26.4 Å². The largest absolute Gasteiger partial charge is 0.507 e. The smallest absolute Gasteiger partial charge is 0.335 e. The average molecular weight is 677 g/mol. The highest BCUT2D eigenvalue weighted by atomic mass is 32.2. The van der Waals surface area contributed by atoms with E-state index in [-0.39, 0.29) is 16.9 Å². The zero-order valence-electron chi connectivity index (χ0n) is 23.6. The Kier molecular flexibility index (Phi) is 14.1. The van der Waals surface area contributed by atoms with Gasteiger partial charge >= 0.3 is 17.9 Å². The van der Waals surface area contributed by atoms with Crippen molar-refractivity contribution in [1.29, 1.82) is 0 Å². The Bertz CT molecular complexity index is 1330. The molecular formula is C25H32N4O16S. The van der Waals surface area contributed by atoms with Crippen LogP contribution >= 0.6 is 11.8 Å². The fourth-order valence-electron chi connectivity index (χ4n) is 3.77. The summed E-state index contributed by atoms with van der Waals surface area (Å²) >= 11 is 0.582. The zero-order valence-corrected chi connectivity index (χ0v) is 24.4. The first-order chi connectivity index (χ1) is 21.6. The van der Waals surface area contributed by atoms with Crippen molar-refractivity contribution < 1.29 is 78.8 Å². The second-order valence-electron chi connectivity index (χ2n) is 9.58. The van der Waals surface area contributed by atoms with Gasteiger partial charge in [-0.3, -0.25) is 24.0 Å². The molecule has 0 radical (unpaired) electrons. The lowest BCUT2D eigenvalue weighted by molar-refractivity contribution is -0.271. The Morgan fingerprint density at radius 3 is 2.28 bits per heavy atom. The van der Waals surface area contributed by atoms with Crippen LogP contribution in [0.1, 0.15) is 23.2 Å². The van der Waals surface area contributed by atoms with Gasteiger partial charge in [-0.25, -0.2) is 4.79 Å². The van der Waals surface area contributed by atoms with Crippen molar-refractivity contribution >= 4 is 53.7 Å². The molecule has 21 heteroatoms. The van der Waals surface area contributed by atoms with Crippen molar-refractivity contribution in [3.8, 4) is 11.5 Å². The van der Waals surface area contributed by atoms with Crippen LogP contribution in [0, 0.1) is 0 Å². The molecule has 0 aromatic heterocycles. The summed E-state index contributed by atoms with van der Waals surface area (Å²) < 4.78 is 10.6. The standard InChI is InChI=1S/C25H32N4O16S/c26-10(23(40)41)1-2-14(32)29-11(22(39)28-7-15(33)34)8-46-20-12(31)5-9(21(38)27-3-4-30)6-13(20)44-25-18(37)16(35)17(36)19(45-25)24(42)43/h4-6,10-11,16-19,25,31,35-37H,1-3,7-8,26H2,(H,27,38)(H,28,39)(H,29,32)(H,33,34)(H,40,41)(H,42,43)/t10?,11?,16-,17-,18+,19?,25?/m0/s1. The molecule has 1 aliphatic heterocycles. The Morgan fingerprint density at radius 2 is 1.70 bits per heavy atom. The second kappa shape index (κ2) is 17.2. The number of rotatable bonds is 17. The number of benzene rings is 1. The van der Waals surface area contributed by atoms with Crippen LogP contribution in [0.2, 0.25) is 0 Å². The first-order valence-electron chi connectivity index (χ1n) is 13.1. The van der Waals surface area contributed by atoms with Crippen LogP contribution in [0.5, 0.6) is 11.5 Å². The van der Waals surface area contributed by atoms with E-state index in [1.165, 1.54) is 0 Å². The van der Waals surface area contributed by atoms with Crippen LogP contribution in [0.15, 0.2) is 17.0 Å². The number of phenols is 1. The number of carbonyl (C=O) groups is 7. The fraction of sp³-hybridized carbons (Fsp3) is 0.480. The van der Waals surface area contributed by atoms with Crippen molar-refractivity contribution in [2.24, 2.45) is 5.73 Å². The third-order valence-electron chi connectivity index (χ3n) is 6.16. The van der Waals surface area contributed by atoms with E-state index in [0.717, 1.165) is 12.1 Å². The SMILES string of the molecule is NC(CCC(=O)NC(CSc1c(O)cc(C(=O)NCC=O)cc1OC1OC(C(=O)O)[C@@H](O)[C@H](O)[C@H]1O)C(=O)NCC(=O)O)C(=O)O. The van der Waals surface area contributed by atoms with Gasteiger partial charge in [-0.2, -0.15) is 0 Å². The number of carboxylic acids is 3. The molecule has 7 atom stereocenters. The summed E-state index contributed by atoms with van der Waals surface area (Å²) in [6, 6.07) is -1.03. The van der Waals surface area contributed by atoms with E-state index < -0.39 is 115 Å². The van der Waals surface area contributed by atoms with Crippen LogP contribution in [0.4, 0.5) is 0 Å². The first kappa shape index (κ1) is 37.6. The number of aromatic hydroxyl groups is 1. The summed E-state index contributed by atoms with van der Waals surface area (Å²) in [5, 5.41) is 75.0. The molecule has 3 amide bonds. The first-order valence-corrected chi connectivity index (χ1v) is 14.1. The molecule has 254 valence electrons. The van der Waals surface area contributed by atoms with Gasteiger partial charge in [0.2, 0.25) is 18.1 Å². The summed E-state index contributed by atoms with van der Waals surface area (Å²) in [5.74, 6) is -8.97. The van der Waals surface area contributed by atoms with Gasteiger partial charge in [0.15, 0.2) is 6.10 Å². The topological polar surface area (TPSA) is 342 Å². The fourth-order valence-corrected chi connectivity index (χ4v) is 4.80. The van der Waals surface area contributed by atoms with Gasteiger partial charge in [0.25, 0.3) is 5.91 Å². The molecule has 1 heterocycles. The molecule has 0 bridgehead atoms. The van der Waals surface area contributed by atoms with Crippen LogP contribution in [0.25, 0.3) is 0 Å². The minimum Gasteiger partial charge on any atom is -0.507 e. The Labute approximate surface area is 262 Å². The van der Waals surface area contributed by atoms with E-state index in [0.29, 0.717) is 18.0 Å². The predicted octanol–water partition coefficient (Wildman–Crippen LogP) is -4.44. The number of nitrogens with one attached hydrogen (secondary N) is 3. The highest BCUT2D eigenvalue weighted by molar-refractivity contribution is 7.99. The van der Waals surface area contributed by atoms with Crippen molar-refractivity contribution in [1.82, 2.24) is 16.0 Å². The van der Waals surface area contributed by atoms with E-state index in [4.69, 9.17) is 25.4 Å². The third-order valence-corrected chi connectivity index (χ3v) is 7.36. The summed E-state index contributed by atoms with van der Waals surface area (Å²) in [6.07, 6.45) is -10.7. The molecule has 12 N–H and O–H groups in total. The normalized spacial score (nSPS) is 22.0. The molecule has 46 heavy (non-hydrogen) atoms. The minimum absolute atomic E-state index is 0.298. The van der Waals surface area contributed by atoms with Gasteiger partial charge < -0.3 is 71.7 Å². The lowest BCUT2D eigenvalue weighted by atomic mass is 9.99. The lowest BCUT2D eigenvalue weighted by Crippen LogP contribution is -2.61. The molecule has 0 aliphatic carbocycles. The van der Waals surface area contributed by atoms with E-state index in [1.54, 1.807) is 0 Å². The van der Waals surface area contributed by atoms with Gasteiger partial charge in [-0.05, 0) is 18.6 Å².